The van der Waals surface area contributed by atoms with Crippen LogP contribution in [0.3, 0.4) is 0 Å². The molecule has 92 valence electrons. The van der Waals surface area contributed by atoms with Crippen LogP contribution in [0.25, 0.3) is 0 Å². The number of methoxy groups -OCH3 is 1. The Bertz CT molecular complexity index is 377. The van der Waals surface area contributed by atoms with Crippen molar-refractivity contribution in [1.29, 1.82) is 0 Å². The molecule has 0 spiro atoms. The zero-order chi connectivity index (χ0) is 12.6. The molecule has 16 heavy (non-hydrogen) atoms. The Labute approximate surface area is 96.1 Å². The first-order chi connectivity index (χ1) is 7.16. The molecule has 0 saturated heterocycles. The van der Waals surface area contributed by atoms with Gasteiger partial charge in [0.25, 0.3) is 0 Å². The number of benzene rings is 1. The summed E-state index contributed by atoms with van der Waals surface area (Å²) in [7, 11) is -2.73. The Morgan fingerprint density at radius 1 is 1.12 bits per heavy atom. The summed E-state index contributed by atoms with van der Waals surface area (Å²) in [4.78, 5) is 28.2. The van der Waals surface area contributed by atoms with E-state index in [1.807, 2.05) is 20.8 Å². The summed E-state index contributed by atoms with van der Waals surface area (Å²) in [5, 5.41) is 0.209. The van der Waals surface area contributed by atoms with Gasteiger partial charge in [-0.05, 0) is 0 Å². The Morgan fingerprint density at radius 3 is 2.06 bits per heavy atom. The average Bonchev–Trinajstić information content (AvgIpc) is 2.14. The fourth-order valence-corrected chi connectivity index (χ4v) is 2.68. The van der Waals surface area contributed by atoms with Crippen LogP contribution in [0.1, 0.15) is 26.3 Å². The van der Waals surface area contributed by atoms with Crippen LogP contribution in [0.2, 0.25) is 0 Å². The van der Waals surface area contributed by atoms with Crippen LogP contribution in [0, 0.1) is 0 Å². The van der Waals surface area contributed by atoms with Crippen molar-refractivity contribution in [2.75, 3.05) is 7.11 Å². The molecule has 4 nitrogen and oxygen atoms in total. The molecule has 0 amide bonds. The molecule has 0 radical (unpaired) electrons. The van der Waals surface area contributed by atoms with Gasteiger partial charge >= 0.3 is 95.5 Å². The van der Waals surface area contributed by atoms with Gasteiger partial charge in [0, 0.05) is 0 Å². The third-order valence-electron chi connectivity index (χ3n) is 2.40. The monoisotopic (exact) mass is 246 g/mol. The molecule has 0 aliphatic carbocycles. The van der Waals surface area contributed by atoms with Crippen molar-refractivity contribution in [2.24, 2.45) is 0 Å². The standard InChI is InChI=1S/C11H19O4P/c1-11(2,3)9-7-8(15-4)5-6-10(9)16(12,13)14/h5-7,12-14,16H,1-4H3. The Kier molecular flexibility index (Phi) is 3.60. The topological polar surface area (TPSA) is 69.9 Å². The molecule has 0 aliphatic heterocycles. The van der Waals surface area contributed by atoms with Gasteiger partial charge in [0.2, 0.25) is 0 Å². The van der Waals surface area contributed by atoms with Gasteiger partial charge in [-0.2, -0.15) is 0 Å². The number of hydrogen-bond donors (Lipinski definition) is 3. The SMILES string of the molecule is COc1ccc([PH](O)(O)O)c(C(C)(C)C)c1. The van der Waals surface area contributed by atoms with Gasteiger partial charge in [0.15, 0.2) is 0 Å². The van der Waals surface area contributed by atoms with Crippen molar-refractivity contribution in [3.63, 3.8) is 0 Å². The molecule has 0 unspecified atom stereocenters. The third-order valence-corrected chi connectivity index (χ3v) is 3.55. The van der Waals surface area contributed by atoms with Crippen LogP contribution in [-0.4, -0.2) is 21.8 Å². The first-order valence-corrected chi connectivity index (χ1v) is 6.86. The van der Waals surface area contributed by atoms with E-state index in [4.69, 9.17) is 4.74 Å². The molecule has 1 rings (SSSR count). The molecule has 1 aromatic carbocycles. The van der Waals surface area contributed by atoms with E-state index in [0.717, 1.165) is 0 Å². The Balaban J connectivity index is 3.40. The molecular weight excluding hydrogens is 227 g/mol. The molecule has 0 aromatic heterocycles. The molecule has 0 saturated carbocycles. The second kappa shape index (κ2) is 4.30. The predicted molar refractivity (Wildman–Crippen MR) is 66.3 cm³/mol. The van der Waals surface area contributed by atoms with Crippen LogP contribution >= 0.6 is 7.94 Å². The van der Waals surface area contributed by atoms with Crippen LogP contribution < -0.4 is 10.0 Å². The molecule has 0 bridgehead atoms. The minimum absolute atomic E-state index is 0.209. The van der Waals surface area contributed by atoms with E-state index in [1.165, 1.54) is 6.07 Å². The second-order valence-corrected chi connectivity index (χ2v) is 6.61. The Hall–Kier alpha value is -0.670. The normalized spacial score (nSPS) is 13.7. The number of hydrogen-bond acceptors (Lipinski definition) is 4. The van der Waals surface area contributed by atoms with Crippen LogP contribution in [0.5, 0.6) is 5.75 Å². The van der Waals surface area contributed by atoms with Crippen LogP contribution in [0.15, 0.2) is 18.2 Å². The quantitative estimate of drug-likeness (QED) is 0.683. The van der Waals surface area contributed by atoms with E-state index in [9.17, 15) is 14.7 Å². The van der Waals surface area contributed by atoms with Crippen molar-refractivity contribution in [2.45, 2.75) is 26.2 Å². The van der Waals surface area contributed by atoms with Gasteiger partial charge in [0.1, 0.15) is 0 Å². The van der Waals surface area contributed by atoms with E-state index >= 15 is 0 Å². The van der Waals surface area contributed by atoms with Crippen molar-refractivity contribution in [3.8, 4) is 5.75 Å². The summed E-state index contributed by atoms with van der Waals surface area (Å²) in [6.45, 7) is 5.81. The van der Waals surface area contributed by atoms with Crippen molar-refractivity contribution in [3.05, 3.63) is 23.8 Å². The minimum atomic E-state index is -4.28. The van der Waals surface area contributed by atoms with E-state index in [2.05, 4.69) is 0 Å². The third kappa shape index (κ3) is 2.92. The van der Waals surface area contributed by atoms with E-state index in [0.29, 0.717) is 11.3 Å². The summed E-state index contributed by atoms with van der Waals surface area (Å²) in [6, 6.07) is 4.83. The summed E-state index contributed by atoms with van der Waals surface area (Å²) < 4.78 is 5.09. The van der Waals surface area contributed by atoms with Gasteiger partial charge in [0.05, 0.1) is 0 Å². The van der Waals surface area contributed by atoms with E-state index in [-0.39, 0.29) is 10.7 Å². The van der Waals surface area contributed by atoms with Gasteiger partial charge in [-0.15, -0.1) is 0 Å². The molecule has 1 aromatic rings. The van der Waals surface area contributed by atoms with Crippen molar-refractivity contribution in [1.82, 2.24) is 0 Å². The Morgan fingerprint density at radius 2 is 1.69 bits per heavy atom. The van der Waals surface area contributed by atoms with Crippen LogP contribution in [-0.2, 0) is 5.41 Å². The zero-order valence-electron chi connectivity index (χ0n) is 9.98. The summed E-state index contributed by atoms with van der Waals surface area (Å²) in [5.74, 6) is 0.631. The van der Waals surface area contributed by atoms with Crippen LogP contribution in [0.4, 0.5) is 0 Å². The zero-order valence-corrected chi connectivity index (χ0v) is 11.0. The second-order valence-electron chi connectivity index (χ2n) is 4.80. The van der Waals surface area contributed by atoms with Gasteiger partial charge in [-0.25, -0.2) is 0 Å². The first kappa shape index (κ1) is 13.4. The van der Waals surface area contributed by atoms with Gasteiger partial charge in [-0.3, -0.25) is 0 Å². The first-order valence-electron chi connectivity index (χ1n) is 5.02. The maximum absolute atomic E-state index is 9.41. The van der Waals surface area contributed by atoms with E-state index < -0.39 is 7.94 Å². The maximum atomic E-state index is 9.41. The molecule has 0 aliphatic rings. The number of ether oxygens (including phenoxy) is 1. The number of rotatable bonds is 2. The summed E-state index contributed by atoms with van der Waals surface area (Å²) in [5.41, 5.74) is 0.391. The fraction of sp³-hybridized carbons (Fsp3) is 0.455. The molecular formula is C11H19O4P. The van der Waals surface area contributed by atoms with Gasteiger partial charge in [-0.1, -0.05) is 0 Å². The predicted octanol–water partition coefficient (Wildman–Crippen LogP) is 1.09. The molecule has 3 N–H and O–H groups in total. The van der Waals surface area contributed by atoms with Crippen molar-refractivity contribution < 1.29 is 19.4 Å². The van der Waals surface area contributed by atoms with Crippen molar-refractivity contribution >= 4 is 13.2 Å². The summed E-state index contributed by atoms with van der Waals surface area (Å²) in [6.07, 6.45) is 0. The summed E-state index contributed by atoms with van der Waals surface area (Å²) >= 11 is 0. The fourth-order valence-electron chi connectivity index (χ4n) is 1.56. The molecule has 0 fully saturated rings. The van der Waals surface area contributed by atoms with E-state index in [1.54, 1.807) is 19.2 Å². The van der Waals surface area contributed by atoms with Gasteiger partial charge < -0.3 is 0 Å². The molecule has 5 heteroatoms. The average molecular weight is 246 g/mol. The molecule has 0 heterocycles. The molecule has 0 atom stereocenters.